The minimum absolute atomic E-state index is 0. The summed E-state index contributed by atoms with van der Waals surface area (Å²) in [7, 11) is 0. The van der Waals surface area contributed by atoms with Gasteiger partial charge in [0.05, 0.1) is 0 Å². The first-order chi connectivity index (χ1) is 6.55. The van der Waals surface area contributed by atoms with Gasteiger partial charge in [0, 0.05) is 4.83 Å². The van der Waals surface area contributed by atoms with E-state index in [0.717, 1.165) is 6.42 Å². The first-order valence-electron chi connectivity index (χ1n) is 4.25. The van der Waals surface area contributed by atoms with Crippen molar-refractivity contribution in [1.29, 1.82) is 0 Å². The Kier molecular flexibility index (Phi) is 16.7. The molecule has 0 radical (unpaired) electrons. The Morgan fingerprint density at radius 1 is 1.18 bits per heavy atom. The molecule has 1 aliphatic rings. The van der Waals surface area contributed by atoms with Gasteiger partial charge in [0.15, 0.2) is 0 Å². The Balaban J connectivity index is -0.000000216. The van der Waals surface area contributed by atoms with Gasteiger partial charge in [0.25, 0.3) is 0 Å². The van der Waals surface area contributed by atoms with Crippen LogP contribution >= 0.6 is 63.7 Å². The fraction of sp³-hybridized carbons (Fsp3) is 0.400. The molecule has 0 N–H and O–H groups in total. The molecule has 0 amide bonds. The maximum absolute atomic E-state index is 3.56. The zero-order valence-corrected chi connectivity index (χ0v) is 17.4. The van der Waals surface area contributed by atoms with Crippen LogP contribution in [0.2, 0.25) is 0 Å². The fourth-order valence-electron chi connectivity index (χ4n) is 1.09. The van der Waals surface area contributed by atoms with Crippen LogP contribution in [0.1, 0.15) is 12.8 Å². The summed E-state index contributed by atoms with van der Waals surface area (Å²) in [6, 6.07) is 10.0. The molecule has 7 heteroatoms. The van der Waals surface area contributed by atoms with Gasteiger partial charge in [-0.15, -0.1) is 31.9 Å². The summed E-state index contributed by atoms with van der Waals surface area (Å²) in [6.45, 7) is 0. The molecule has 1 aromatic rings. The summed E-state index contributed by atoms with van der Waals surface area (Å²) in [5.74, 6) is 0. The van der Waals surface area contributed by atoms with E-state index in [1.54, 1.807) is 0 Å². The predicted molar refractivity (Wildman–Crippen MR) is 76.7 cm³/mol. The molecule has 1 aliphatic carbocycles. The monoisotopic (exact) mass is 574 g/mol. The van der Waals surface area contributed by atoms with Crippen molar-refractivity contribution in [3.05, 3.63) is 35.2 Å². The van der Waals surface area contributed by atoms with Crippen molar-refractivity contribution in [1.82, 2.24) is 0 Å². The summed E-state index contributed by atoms with van der Waals surface area (Å²) < 4.78 is -0.0139. The normalized spacial score (nSPS) is 21.1. The largest absolute Gasteiger partial charge is 4.00 e. The average molecular weight is 579 g/mol. The second-order valence-electron chi connectivity index (χ2n) is 3.00. The van der Waals surface area contributed by atoms with Crippen LogP contribution in [0.3, 0.4) is 0 Å². The van der Waals surface area contributed by atoms with E-state index in [0.29, 0.717) is 4.83 Å². The molecule has 0 nitrogen and oxygen atoms in total. The second kappa shape index (κ2) is 11.8. The third-order valence-corrected chi connectivity index (χ3v) is 8.45. The summed E-state index contributed by atoms with van der Waals surface area (Å²) in [4.78, 5) is 1.79. The molecule has 0 spiro atoms. The Morgan fingerprint density at radius 2 is 1.65 bits per heavy atom. The van der Waals surface area contributed by atoms with Crippen LogP contribution in [0.25, 0.3) is 0 Å². The van der Waals surface area contributed by atoms with Crippen molar-refractivity contribution in [3.63, 3.8) is 0 Å². The maximum atomic E-state index is 3.56. The summed E-state index contributed by atoms with van der Waals surface area (Å²) in [5.41, 5.74) is 0. The van der Waals surface area contributed by atoms with Gasteiger partial charge in [-0.2, -0.15) is 24.6 Å². The van der Waals surface area contributed by atoms with Gasteiger partial charge < -0.3 is 25.3 Å². The Labute approximate surface area is 153 Å². The topological polar surface area (TPSA) is 0 Å². The van der Waals surface area contributed by atoms with Crippen molar-refractivity contribution in [3.8, 4) is 0 Å². The van der Waals surface area contributed by atoms with Crippen LogP contribution in [-0.2, 0) is 26.2 Å². The van der Waals surface area contributed by atoms with E-state index in [1.807, 2.05) is 30.3 Å². The molecular weight excluding hydrogens is 569 g/mol. The number of hydrogen-bond acceptors (Lipinski definition) is 0. The molecular formula is C10H10Br4F2Zr. The van der Waals surface area contributed by atoms with Gasteiger partial charge in [-0.3, -0.25) is 0 Å². The molecule has 1 unspecified atom stereocenters. The molecule has 1 atom stereocenters. The van der Waals surface area contributed by atoms with Gasteiger partial charge in [0.1, 0.15) is 0 Å². The van der Waals surface area contributed by atoms with E-state index in [2.05, 4.69) is 63.7 Å². The Morgan fingerprint density at radius 3 is 1.76 bits per heavy atom. The standard InChI is InChI=1S/C5H5Br4.C5H5.2FH.Zr/c6-3-1-2-4(7)5(3,8)9;1-2-4-5-3-1;;;/h3H,1-2H2;1-5H;2*1H;/q2*-1;;;+4/p-2. The van der Waals surface area contributed by atoms with Crippen LogP contribution in [0.5, 0.6) is 0 Å². The van der Waals surface area contributed by atoms with E-state index >= 15 is 0 Å². The Hall–Kier alpha value is 2.01. The first kappa shape index (κ1) is 24.1. The minimum Gasteiger partial charge on any atom is -1.00 e. The molecule has 2 rings (SSSR count). The summed E-state index contributed by atoms with van der Waals surface area (Å²) in [5, 5.41) is 0. The van der Waals surface area contributed by atoms with Crippen LogP contribution in [0.15, 0.2) is 30.3 Å². The molecule has 0 aromatic heterocycles. The van der Waals surface area contributed by atoms with Crippen molar-refractivity contribution < 1.29 is 35.6 Å². The van der Waals surface area contributed by atoms with Gasteiger partial charge in [-0.1, -0.05) is 22.4 Å². The molecule has 0 saturated heterocycles. The van der Waals surface area contributed by atoms with Gasteiger partial charge in [-0.05, 0) is 3.23 Å². The van der Waals surface area contributed by atoms with Gasteiger partial charge in [0.2, 0.25) is 0 Å². The molecule has 0 heterocycles. The van der Waals surface area contributed by atoms with Crippen molar-refractivity contribution >= 4 is 63.7 Å². The van der Waals surface area contributed by atoms with Crippen LogP contribution in [0, 0.1) is 4.83 Å². The minimum atomic E-state index is -0.0139. The fourth-order valence-corrected chi connectivity index (χ4v) is 3.26. The number of hydrogen-bond donors (Lipinski definition) is 0. The van der Waals surface area contributed by atoms with Crippen LogP contribution in [0.4, 0.5) is 0 Å². The molecule has 1 aromatic carbocycles. The second-order valence-corrected chi connectivity index (χ2v) is 8.62. The average Bonchev–Trinajstić information content (AvgIpc) is 2.75. The smallest absolute Gasteiger partial charge is 1.00 e. The summed E-state index contributed by atoms with van der Waals surface area (Å²) >= 11 is 14.2. The van der Waals surface area contributed by atoms with Crippen molar-refractivity contribution in [2.24, 2.45) is 0 Å². The molecule has 0 bridgehead atoms. The third kappa shape index (κ3) is 8.01. The Bertz CT molecular complexity index is 228. The molecule has 1 saturated carbocycles. The van der Waals surface area contributed by atoms with E-state index in [9.17, 15) is 0 Å². The molecule has 96 valence electrons. The van der Waals surface area contributed by atoms with Gasteiger partial charge >= 0.3 is 26.2 Å². The van der Waals surface area contributed by atoms with Crippen LogP contribution in [-0.4, -0.2) is 8.06 Å². The van der Waals surface area contributed by atoms with Crippen molar-refractivity contribution in [2.75, 3.05) is 0 Å². The molecule has 1 fully saturated rings. The maximum Gasteiger partial charge on any atom is 4.00 e. The van der Waals surface area contributed by atoms with Crippen LogP contribution < -0.4 is 9.41 Å². The quantitative estimate of drug-likeness (QED) is 0.284. The molecule has 17 heavy (non-hydrogen) atoms. The number of rotatable bonds is 0. The van der Waals surface area contributed by atoms with E-state index in [-0.39, 0.29) is 38.8 Å². The van der Waals surface area contributed by atoms with E-state index in [4.69, 9.17) is 0 Å². The SMILES string of the molecule is Br[C-]1CCC(Br)C1(Br)Br.[F-].[F-].[Zr+4].c1cc[cH-]c1. The summed E-state index contributed by atoms with van der Waals surface area (Å²) in [6.07, 6.45) is 2.31. The van der Waals surface area contributed by atoms with Gasteiger partial charge in [-0.25, -0.2) is 17.0 Å². The third-order valence-electron chi connectivity index (χ3n) is 1.93. The molecule has 0 aliphatic heterocycles. The van der Waals surface area contributed by atoms with Crippen molar-refractivity contribution in [2.45, 2.75) is 20.9 Å². The number of alkyl halides is 3. The van der Waals surface area contributed by atoms with E-state index in [1.165, 1.54) is 11.2 Å². The zero-order valence-electron chi connectivity index (χ0n) is 8.65. The number of halogens is 6. The predicted octanol–water partition coefficient (Wildman–Crippen LogP) is -0.632. The van der Waals surface area contributed by atoms with E-state index < -0.39 is 0 Å². The first-order valence-corrected chi connectivity index (χ1v) is 7.55. The zero-order chi connectivity index (χ0) is 10.6.